The van der Waals surface area contributed by atoms with Crippen molar-refractivity contribution in [3.05, 3.63) is 285 Å². The summed E-state index contributed by atoms with van der Waals surface area (Å²) < 4.78 is 6.85. The summed E-state index contributed by atoms with van der Waals surface area (Å²) in [4.78, 5) is 19.4. The van der Waals surface area contributed by atoms with Crippen LogP contribution in [0.4, 0.5) is 34.3 Å². The molecule has 4 nitrogen and oxygen atoms in total. The summed E-state index contributed by atoms with van der Waals surface area (Å²) in [6.07, 6.45) is 20.8. The maximum Gasteiger partial charge on any atom is 0.211 e. The second-order valence-electron chi connectivity index (χ2n) is 24.3. The van der Waals surface area contributed by atoms with Gasteiger partial charge in [-0.25, -0.2) is 0 Å². The fraction of sp³-hybridized carbons (Fsp3) is 0.312. The molecule has 0 N–H and O–H groups in total. The van der Waals surface area contributed by atoms with Gasteiger partial charge in [-0.3, -0.25) is 9.69 Å². The van der Waals surface area contributed by atoms with E-state index in [1.54, 1.807) is 12.3 Å². The van der Waals surface area contributed by atoms with Crippen molar-refractivity contribution in [2.75, 3.05) is 9.80 Å². The Hall–Kier alpha value is -7.69. The van der Waals surface area contributed by atoms with Gasteiger partial charge in [0.2, 0.25) is 11.3 Å². The van der Waals surface area contributed by atoms with Crippen LogP contribution in [0.3, 0.4) is 0 Å². The first-order valence-corrected chi connectivity index (χ1v) is 30.9. The van der Waals surface area contributed by atoms with Crippen LogP contribution in [-0.4, -0.2) is 0 Å². The summed E-state index contributed by atoms with van der Waals surface area (Å²) in [7, 11) is 0. The fourth-order valence-corrected chi connectivity index (χ4v) is 15.0. The smallest absolute Gasteiger partial charge is 0.211 e. The number of nitrogens with zero attached hydrogens (tertiary/aromatic N) is 2. The molecule has 4 aliphatic carbocycles. The highest BCUT2D eigenvalue weighted by molar-refractivity contribution is 5.78. The van der Waals surface area contributed by atoms with Gasteiger partial charge in [0.15, 0.2) is 0 Å². The Morgan fingerprint density at radius 2 is 0.469 bits per heavy atom. The van der Waals surface area contributed by atoms with Gasteiger partial charge in [-0.05, 0) is 243 Å². The van der Waals surface area contributed by atoms with Crippen molar-refractivity contribution in [1.82, 2.24) is 0 Å². The molecule has 0 amide bonds. The summed E-state index contributed by atoms with van der Waals surface area (Å²) in [5.74, 6) is 5.11. The molecule has 13 rings (SSSR count). The zero-order valence-corrected chi connectivity index (χ0v) is 47.1. The molecule has 0 unspecified atom stereocenters. The molecular weight excluding hydrogens is 985 g/mol. The highest BCUT2D eigenvalue weighted by Crippen LogP contribution is 2.47. The van der Waals surface area contributed by atoms with Gasteiger partial charge in [-0.15, -0.1) is 0 Å². The molecule has 0 bridgehead atoms. The molecule has 0 atom stereocenters. The van der Waals surface area contributed by atoms with Gasteiger partial charge in [0.25, 0.3) is 0 Å². The highest BCUT2D eigenvalue weighted by atomic mass is 16.3. The predicted octanol–water partition coefficient (Wildman–Crippen LogP) is 21.3. The molecule has 4 saturated carbocycles. The monoisotopic (exact) mass is 1060 g/mol. The molecule has 0 spiro atoms. The van der Waals surface area contributed by atoms with Crippen molar-refractivity contribution in [2.24, 2.45) is 0 Å². The molecule has 8 aromatic carbocycles. The molecule has 0 aliphatic heterocycles. The van der Waals surface area contributed by atoms with E-state index in [9.17, 15) is 0 Å². The van der Waals surface area contributed by atoms with Gasteiger partial charge >= 0.3 is 0 Å². The minimum atomic E-state index is -0.0912. The molecule has 1 aromatic heterocycles. The predicted molar refractivity (Wildman–Crippen MR) is 336 cm³/mol. The molecule has 4 heteroatoms. The Morgan fingerprint density at radius 3 is 0.691 bits per heavy atom. The summed E-state index contributed by atoms with van der Waals surface area (Å²) >= 11 is 0. The van der Waals surface area contributed by atoms with Gasteiger partial charge in [-0.1, -0.05) is 170 Å². The normalized spacial score (nSPS) is 23.1. The molecule has 81 heavy (non-hydrogen) atoms. The van der Waals surface area contributed by atoms with Crippen LogP contribution in [0, 0.1) is 0 Å². The summed E-state index contributed by atoms with van der Waals surface area (Å²) in [5.41, 5.74) is 15.7. The van der Waals surface area contributed by atoms with E-state index in [0.717, 1.165) is 22.7 Å². The number of anilines is 6. The number of hydrogen-bond acceptors (Lipinski definition) is 4. The van der Waals surface area contributed by atoms with E-state index in [1.165, 1.54) is 147 Å². The molecular formula is C77H78N2O2. The Bertz CT molecular complexity index is 3250. The average Bonchev–Trinajstić information content (AvgIpc) is 3.60. The lowest BCUT2D eigenvalue weighted by molar-refractivity contribution is 0.396. The SMILES string of the molecule is O=c1cc(N(c2ccc(C3CCC(c4ccccc4)CC3)cc2)c2ccc(C3CCC(c4ccccc4)CC3)cc2)occ1N(c1ccc(C2CCC(c3ccccc3)CC2)cc1)c1ccc(C2CCC(c3ccccc3)CC2)cc1. The molecule has 4 aliphatic rings. The Kier molecular flexibility index (Phi) is 16.0. The van der Waals surface area contributed by atoms with Crippen LogP contribution in [0.2, 0.25) is 0 Å². The van der Waals surface area contributed by atoms with Gasteiger partial charge in [0.1, 0.15) is 12.0 Å². The van der Waals surface area contributed by atoms with E-state index in [-0.39, 0.29) is 5.43 Å². The molecule has 9 aromatic rings. The second-order valence-corrected chi connectivity index (χ2v) is 24.3. The summed E-state index contributed by atoms with van der Waals surface area (Å²) in [6.45, 7) is 0. The van der Waals surface area contributed by atoms with Crippen molar-refractivity contribution in [3.8, 4) is 0 Å². The minimum absolute atomic E-state index is 0.0912. The van der Waals surface area contributed by atoms with Crippen LogP contribution >= 0.6 is 0 Å². The van der Waals surface area contributed by atoms with Crippen molar-refractivity contribution in [2.45, 2.75) is 150 Å². The molecule has 0 radical (unpaired) electrons. The summed E-state index contributed by atoms with van der Waals surface area (Å²) in [6, 6.07) is 82.3. The van der Waals surface area contributed by atoms with E-state index in [2.05, 4.69) is 228 Å². The van der Waals surface area contributed by atoms with Crippen LogP contribution in [-0.2, 0) is 0 Å². The lowest BCUT2D eigenvalue weighted by atomic mass is 9.76. The topological polar surface area (TPSA) is 36.7 Å². The van der Waals surface area contributed by atoms with E-state index in [0.29, 0.717) is 58.9 Å². The first-order valence-electron chi connectivity index (χ1n) is 30.9. The van der Waals surface area contributed by atoms with Crippen molar-refractivity contribution in [1.29, 1.82) is 0 Å². The average molecular weight is 1060 g/mol. The fourth-order valence-electron chi connectivity index (χ4n) is 15.0. The van der Waals surface area contributed by atoms with Gasteiger partial charge < -0.3 is 9.32 Å². The zero-order valence-electron chi connectivity index (χ0n) is 47.1. The van der Waals surface area contributed by atoms with Crippen LogP contribution in [0.15, 0.2) is 240 Å². The van der Waals surface area contributed by atoms with E-state index >= 15 is 4.79 Å². The van der Waals surface area contributed by atoms with Crippen LogP contribution in [0.1, 0.15) is 195 Å². The second kappa shape index (κ2) is 24.6. The van der Waals surface area contributed by atoms with Gasteiger partial charge in [0, 0.05) is 28.8 Å². The third-order valence-corrected chi connectivity index (χ3v) is 19.7. The van der Waals surface area contributed by atoms with E-state index < -0.39 is 0 Å². The third-order valence-electron chi connectivity index (χ3n) is 19.7. The first kappa shape index (κ1) is 52.7. The Morgan fingerprint density at radius 1 is 0.259 bits per heavy atom. The first-order chi connectivity index (χ1) is 40.0. The maximum atomic E-state index is 15.2. The summed E-state index contributed by atoms with van der Waals surface area (Å²) in [5, 5.41) is 0. The standard InChI is InChI=1S/C77H78N2O2/c80-76-53-77(79(73-49-41-69(42-50-73)65-33-25-61(26-34-65)57-17-9-3-10-18-57)74-51-43-70(44-52-74)66-35-27-62(28-36-66)58-19-11-4-12-20-58)81-54-75(76)78(71-45-37-67(38-46-71)63-29-21-59(22-30-63)55-13-5-1-6-14-55)72-47-39-68(40-48-72)64-31-23-60(24-32-64)56-15-7-2-8-16-56/h1-20,37-54,59-66H,21-36H2. The number of benzene rings is 8. The lowest BCUT2D eigenvalue weighted by Gasteiger charge is -2.31. The van der Waals surface area contributed by atoms with Crippen LogP contribution in [0.25, 0.3) is 0 Å². The zero-order chi connectivity index (χ0) is 54.3. The number of rotatable bonds is 14. The van der Waals surface area contributed by atoms with Crippen LogP contribution in [0.5, 0.6) is 0 Å². The minimum Gasteiger partial charge on any atom is -0.446 e. The lowest BCUT2D eigenvalue weighted by Crippen LogP contribution is -2.20. The van der Waals surface area contributed by atoms with Gasteiger partial charge in [-0.2, -0.15) is 0 Å². The number of hydrogen-bond donors (Lipinski definition) is 0. The largest absolute Gasteiger partial charge is 0.446 e. The third kappa shape index (κ3) is 11.9. The molecule has 4 fully saturated rings. The Balaban J connectivity index is 0.794. The van der Waals surface area contributed by atoms with E-state index in [1.807, 2.05) is 0 Å². The molecule has 0 saturated heterocycles. The maximum absolute atomic E-state index is 15.2. The molecule has 1 heterocycles. The van der Waals surface area contributed by atoms with Crippen molar-refractivity contribution in [3.63, 3.8) is 0 Å². The highest BCUT2D eigenvalue weighted by Gasteiger charge is 2.29. The van der Waals surface area contributed by atoms with Crippen LogP contribution < -0.4 is 15.2 Å². The van der Waals surface area contributed by atoms with Gasteiger partial charge in [0.05, 0.1) is 0 Å². The molecule has 408 valence electrons. The quantitative estimate of drug-likeness (QED) is 0.109. The Labute approximate surface area is 481 Å². The van der Waals surface area contributed by atoms with E-state index in [4.69, 9.17) is 4.42 Å². The van der Waals surface area contributed by atoms with Crippen molar-refractivity contribution >= 4 is 34.3 Å². The van der Waals surface area contributed by atoms with Crippen molar-refractivity contribution < 1.29 is 4.42 Å².